The average Bonchev–Trinajstić information content (AvgIpc) is 2.25. The molecule has 1 unspecified atom stereocenters. The van der Waals surface area contributed by atoms with Gasteiger partial charge in [-0.25, -0.2) is 0 Å². The maximum atomic E-state index is 11.6. The van der Waals surface area contributed by atoms with Crippen molar-refractivity contribution in [1.29, 1.82) is 0 Å². The highest BCUT2D eigenvalue weighted by atomic mass is 35.5. The van der Waals surface area contributed by atoms with Crippen molar-refractivity contribution < 1.29 is 9.53 Å². The number of amides is 1. The number of hydrogen-bond donors (Lipinski definition) is 2. The minimum absolute atomic E-state index is 0. The molecule has 0 spiro atoms. The van der Waals surface area contributed by atoms with Crippen molar-refractivity contribution in [1.82, 2.24) is 15.5 Å². The summed E-state index contributed by atoms with van der Waals surface area (Å²) >= 11 is 0. The predicted octanol–water partition coefficient (Wildman–Crippen LogP) is -0.114. The van der Waals surface area contributed by atoms with Crippen LogP contribution in [0.5, 0.6) is 0 Å². The van der Waals surface area contributed by atoms with Crippen molar-refractivity contribution in [3.8, 4) is 0 Å². The van der Waals surface area contributed by atoms with E-state index in [0.717, 1.165) is 26.1 Å². The monoisotopic (exact) mass is 287 g/mol. The van der Waals surface area contributed by atoms with E-state index in [0.29, 0.717) is 13.2 Å². The molecule has 7 heteroatoms. The molecule has 0 aromatic carbocycles. The van der Waals surface area contributed by atoms with Gasteiger partial charge < -0.3 is 20.3 Å². The Labute approximate surface area is 115 Å². The molecule has 104 valence electrons. The third-order valence-corrected chi connectivity index (χ3v) is 2.32. The van der Waals surface area contributed by atoms with Crippen LogP contribution in [-0.4, -0.2) is 63.8 Å². The van der Waals surface area contributed by atoms with Crippen molar-refractivity contribution >= 4 is 30.7 Å². The quantitative estimate of drug-likeness (QED) is 0.693. The first-order valence-electron chi connectivity index (χ1n) is 5.43. The van der Waals surface area contributed by atoms with Gasteiger partial charge in [-0.2, -0.15) is 0 Å². The molecular formula is C10H23Cl2N3O2. The zero-order valence-corrected chi connectivity index (χ0v) is 12.0. The summed E-state index contributed by atoms with van der Waals surface area (Å²) in [6.07, 6.45) is 0.978. The van der Waals surface area contributed by atoms with Gasteiger partial charge in [-0.05, 0) is 27.1 Å². The number of halogens is 2. The lowest BCUT2D eigenvalue weighted by atomic mass is 10.2. The fraction of sp³-hybridized carbons (Fsp3) is 0.900. The van der Waals surface area contributed by atoms with Gasteiger partial charge in [0.15, 0.2) is 0 Å². The van der Waals surface area contributed by atoms with Crippen LogP contribution in [0.1, 0.15) is 6.42 Å². The summed E-state index contributed by atoms with van der Waals surface area (Å²) in [6.45, 7) is 3.67. The molecule has 1 aliphatic rings. The highest BCUT2D eigenvalue weighted by molar-refractivity contribution is 5.85. The van der Waals surface area contributed by atoms with Crippen molar-refractivity contribution in [3.63, 3.8) is 0 Å². The maximum absolute atomic E-state index is 11.6. The fourth-order valence-corrected chi connectivity index (χ4v) is 1.46. The smallest absolute Gasteiger partial charge is 0.239 e. The second kappa shape index (κ2) is 11.0. The van der Waals surface area contributed by atoms with E-state index in [1.807, 2.05) is 14.1 Å². The molecule has 2 N–H and O–H groups in total. The lowest BCUT2D eigenvalue weighted by Crippen LogP contribution is -2.51. The topological polar surface area (TPSA) is 53.6 Å². The first kappa shape index (κ1) is 19.3. The Kier molecular flexibility index (Phi) is 12.5. The molecule has 17 heavy (non-hydrogen) atoms. The third-order valence-electron chi connectivity index (χ3n) is 2.32. The Hall–Kier alpha value is -0.0700. The van der Waals surface area contributed by atoms with Crippen LogP contribution in [0.2, 0.25) is 0 Å². The van der Waals surface area contributed by atoms with Gasteiger partial charge in [0, 0.05) is 13.1 Å². The summed E-state index contributed by atoms with van der Waals surface area (Å²) < 4.78 is 5.22. The van der Waals surface area contributed by atoms with Crippen molar-refractivity contribution in [2.24, 2.45) is 0 Å². The van der Waals surface area contributed by atoms with E-state index in [4.69, 9.17) is 4.74 Å². The highest BCUT2D eigenvalue weighted by Gasteiger charge is 2.20. The number of nitrogens with one attached hydrogen (secondary N) is 2. The van der Waals surface area contributed by atoms with Crippen molar-refractivity contribution in [2.75, 3.05) is 46.9 Å². The zero-order valence-electron chi connectivity index (χ0n) is 10.4. The van der Waals surface area contributed by atoms with E-state index in [9.17, 15) is 4.79 Å². The van der Waals surface area contributed by atoms with Gasteiger partial charge >= 0.3 is 0 Å². The number of hydrogen-bond acceptors (Lipinski definition) is 4. The molecule has 1 aliphatic heterocycles. The van der Waals surface area contributed by atoms with Crippen LogP contribution in [0.15, 0.2) is 0 Å². The van der Waals surface area contributed by atoms with E-state index >= 15 is 0 Å². The highest BCUT2D eigenvalue weighted by Crippen LogP contribution is 1.93. The molecule has 1 amide bonds. The van der Waals surface area contributed by atoms with Crippen LogP contribution in [0.3, 0.4) is 0 Å². The molecule has 1 heterocycles. The molecule has 0 saturated carbocycles. The van der Waals surface area contributed by atoms with Crippen molar-refractivity contribution in [2.45, 2.75) is 12.5 Å². The van der Waals surface area contributed by atoms with Gasteiger partial charge in [-0.15, -0.1) is 24.8 Å². The molecule has 0 radical (unpaired) electrons. The SMILES string of the molecule is CN(C)CCCNC(=O)C1COCCN1.Cl.Cl. The van der Waals surface area contributed by atoms with Gasteiger partial charge in [-0.1, -0.05) is 0 Å². The number of ether oxygens (including phenoxy) is 1. The second-order valence-electron chi connectivity index (χ2n) is 4.03. The molecule has 1 atom stereocenters. The molecule has 1 saturated heterocycles. The van der Waals surface area contributed by atoms with E-state index in [1.165, 1.54) is 0 Å². The summed E-state index contributed by atoms with van der Waals surface area (Å²) in [6, 6.07) is -0.168. The minimum atomic E-state index is -0.168. The first-order valence-corrected chi connectivity index (χ1v) is 5.43. The number of nitrogens with zero attached hydrogens (tertiary/aromatic N) is 1. The lowest BCUT2D eigenvalue weighted by molar-refractivity contribution is -0.125. The molecule has 0 bridgehead atoms. The van der Waals surface area contributed by atoms with E-state index < -0.39 is 0 Å². The zero-order chi connectivity index (χ0) is 11.1. The number of rotatable bonds is 5. The Morgan fingerprint density at radius 3 is 2.71 bits per heavy atom. The van der Waals surface area contributed by atoms with Crippen molar-refractivity contribution in [3.05, 3.63) is 0 Å². The van der Waals surface area contributed by atoms with Gasteiger partial charge in [-0.3, -0.25) is 4.79 Å². The van der Waals surface area contributed by atoms with Gasteiger partial charge in [0.1, 0.15) is 6.04 Å². The summed E-state index contributed by atoms with van der Waals surface area (Å²) in [5.41, 5.74) is 0. The number of carbonyl (C=O) groups excluding carboxylic acids is 1. The van der Waals surface area contributed by atoms with E-state index in [-0.39, 0.29) is 36.8 Å². The van der Waals surface area contributed by atoms with Crippen LogP contribution in [0.4, 0.5) is 0 Å². The Morgan fingerprint density at radius 1 is 1.47 bits per heavy atom. The summed E-state index contributed by atoms with van der Waals surface area (Å²) in [5.74, 6) is 0.0495. The van der Waals surface area contributed by atoms with Crippen LogP contribution in [-0.2, 0) is 9.53 Å². The van der Waals surface area contributed by atoms with Crippen LogP contribution in [0, 0.1) is 0 Å². The van der Waals surface area contributed by atoms with E-state index in [2.05, 4.69) is 15.5 Å². The molecule has 0 aliphatic carbocycles. The molecule has 0 aromatic heterocycles. The Bertz CT molecular complexity index is 200. The molecule has 5 nitrogen and oxygen atoms in total. The Morgan fingerprint density at radius 2 is 2.18 bits per heavy atom. The second-order valence-corrected chi connectivity index (χ2v) is 4.03. The maximum Gasteiger partial charge on any atom is 0.239 e. The van der Waals surface area contributed by atoms with Gasteiger partial charge in [0.25, 0.3) is 0 Å². The minimum Gasteiger partial charge on any atom is -0.378 e. The number of morpholine rings is 1. The van der Waals surface area contributed by atoms with Gasteiger partial charge in [0.05, 0.1) is 13.2 Å². The number of carbonyl (C=O) groups is 1. The standard InChI is InChI=1S/C10H21N3O2.2ClH/c1-13(2)6-3-4-12-10(14)9-8-15-7-5-11-9;;/h9,11H,3-8H2,1-2H3,(H,12,14);2*1H. The normalized spacial score (nSPS) is 19.1. The van der Waals surface area contributed by atoms with Crippen LogP contribution >= 0.6 is 24.8 Å². The first-order chi connectivity index (χ1) is 7.20. The van der Waals surface area contributed by atoms with Crippen LogP contribution < -0.4 is 10.6 Å². The summed E-state index contributed by atoms with van der Waals surface area (Å²) in [7, 11) is 4.05. The largest absolute Gasteiger partial charge is 0.378 e. The third kappa shape index (κ3) is 8.63. The lowest BCUT2D eigenvalue weighted by Gasteiger charge is -2.23. The molecule has 0 aromatic rings. The average molecular weight is 288 g/mol. The summed E-state index contributed by atoms with van der Waals surface area (Å²) in [5, 5.41) is 6.02. The molecule has 1 fully saturated rings. The Balaban J connectivity index is 0. The molecule has 1 rings (SSSR count). The van der Waals surface area contributed by atoms with Gasteiger partial charge in [0.2, 0.25) is 5.91 Å². The summed E-state index contributed by atoms with van der Waals surface area (Å²) in [4.78, 5) is 13.7. The van der Waals surface area contributed by atoms with Crippen LogP contribution in [0.25, 0.3) is 0 Å². The predicted molar refractivity (Wildman–Crippen MR) is 73.3 cm³/mol. The molecular weight excluding hydrogens is 265 g/mol. The van der Waals surface area contributed by atoms with E-state index in [1.54, 1.807) is 0 Å². The fourth-order valence-electron chi connectivity index (χ4n) is 1.46.